The third kappa shape index (κ3) is 4.84. The summed E-state index contributed by atoms with van der Waals surface area (Å²) >= 11 is 0. The topological polar surface area (TPSA) is 77.8 Å². The van der Waals surface area contributed by atoms with Gasteiger partial charge in [0.1, 0.15) is 5.76 Å². The molecule has 1 amide bonds. The average Bonchev–Trinajstić information content (AvgIpc) is 3.06. The number of carbonyl (C=O) groups excluding carboxylic acids is 2. The number of halogens is 1. The predicted octanol–water partition coefficient (Wildman–Crippen LogP) is 2.22. The Labute approximate surface area is 138 Å². The standard InChI is InChI=1S/C17H18FNO5/c1-11(17(21)19-10-13-4-3-7-23-13)24-16(20)9-12-5-6-15(22-2)14(18)8-12/h3-8,11H,9-10H2,1-2H3,(H,19,21)/t11-/m0/s1. The highest BCUT2D eigenvalue weighted by molar-refractivity contribution is 5.83. The van der Waals surface area contributed by atoms with Crippen LogP contribution in [0.25, 0.3) is 0 Å². The van der Waals surface area contributed by atoms with Crippen LogP contribution in [0.15, 0.2) is 41.0 Å². The maximum atomic E-state index is 13.6. The van der Waals surface area contributed by atoms with Crippen LogP contribution in [0.1, 0.15) is 18.2 Å². The Morgan fingerprint density at radius 2 is 2.12 bits per heavy atom. The molecule has 0 aliphatic carbocycles. The van der Waals surface area contributed by atoms with Crippen LogP contribution in [0.4, 0.5) is 4.39 Å². The summed E-state index contributed by atoms with van der Waals surface area (Å²) in [6.45, 7) is 1.67. The highest BCUT2D eigenvalue weighted by atomic mass is 19.1. The molecule has 1 aromatic carbocycles. The minimum atomic E-state index is -0.962. The maximum absolute atomic E-state index is 13.6. The van der Waals surface area contributed by atoms with E-state index in [-0.39, 0.29) is 18.7 Å². The van der Waals surface area contributed by atoms with Gasteiger partial charge in [-0.1, -0.05) is 6.07 Å². The molecule has 0 saturated heterocycles. The van der Waals surface area contributed by atoms with Gasteiger partial charge < -0.3 is 19.2 Å². The number of carbonyl (C=O) groups is 2. The molecule has 1 atom stereocenters. The number of methoxy groups -OCH3 is 1. The average molecular weight is 335 g/mol. The van der Waals surface area contributed by atoms with E-state index in [1.54, 1.807) is 18.2 Å². The number of hydrogen-bond donors (Lipinski definition) is 1. The third-order valence-corrected chi connectivity index (χ3v) is 3.26. The van der Waals surface area contributed by atoms with E-state index >= 15 is 0 Å². The molecule has 2 rings (SSSR count). The smallest absolute Gasteiger partial charge is 0.311 e. The van der Waals surface area contributed by atoms with E-state index < -0.39 is 23.8 Å². The molecule has 0 aliphatic heterocycles. The Morgan fingerprint density at radius 1 is 1.33 bits per heavy atom. The van der Waals surface area contributed by atoms with E-state index in [9.17, 15) is 14.0 Å². The van der Waals surface area contributed by atoms with Gasteiger partial charge in [0.15, 0.2) is 17.7 Å². The molecule has 2 aromatic rings. The molecular formula is C17H18FNO5. The molecule has 0 spiro atoms. The lowest BCUT2D eigenvalue weighted by molar-refractivity contribution is -0.154. The summed E-state index contributed by atoms with van der Waals surface area (Å²) in [7, 11) is 1.36. The summed E-state index contributed by atoms with van der Waals surface area (Å²) in [6.07, 6.45) is 0.394. The molecule has 1 N–H and O–H groups in total. The Kier molecular flexibility index (Phi) is 5.95. The van der Waals surface area contributed by atoms with E-state index in [0.717, 1.165) is 0 Å². The Bertz CT molecular complexity index is 699. The van der Waals surface area contributed by atoms with Crippen LogP contribution in [0.3, 0.4) is 0 Å². The van der Waals surface area contributed by atoms with Crippen molar-refractivity contribution in [2.75, 3.05) is 7.11 Å². The van der Waals surface area contributed by atoms with Crippen molar-refractivity contribution >= 4 is 11.9 Å². The second kappa shape index (κ2) is 8.14. The number of nitrogens with one attached hydrogen (secondary N) is 1. The number of benzene rings is 1. The Balaban J connectivity index is 1.82. The first-order valence-corrected chi connectivity index (χ1v) is 7.31. The van der Waals surface area contributed by atoms with Gasteiger partial charge in [-0.3, -0.25) is 9.59 Å². The lowest BCUT2D eigenvalue weighted by Crippen LogP contribution is -2.35. The summed E-state index contributed by atoms with van der Waals surface area (Å²) < 4.78 is 28.5. The van der Waals surface area contributed by atoms with Crippen molar-refractivity contribution in [2.24, 2.45) is 0 Å². The van der Waals surface area contributed by atoms with Crippen LogP contribution in [-0.2, 0) is 27.3 Å². The fourth-order valence-corrected chi connectivity index (χ4v) is 2.01. The second-order valence-electron chi connectivity index (χ2n) is 5.07. The highest BCUT2D eigenvalue weighted by Gasteiger charge is 2.18. The van der Waals surface area contributed by atoms with Gasteiger partial charge in [0.2, 0.25) is 0 Å². The van der Waals surface area contributed by atoms with Crippen molar-refractivity contribution in [3.8, 4) is 5.75 Å². The fraction of sp³-hybridized carbons (Fsp3) is 0.294. The van der Waals surface area contributed by atoms with Crippen molar-refractivity contribution in [1.82, 2.24) is 5.32 Å². The van der Waals surface area contributed by atoms with Gasteiger partial charge >= 0.3 is 5.97 Å². The first-order chi connectivity index (χ1) is 11.5. The van der Waals surface area contributed by atoms with Gasteiger partial charge in [0.25, 0.3) is 5.91 Å². The molecule has 6 nitrogen and oxygen atoms in total. The summed E-state index contributed by atoms with van der Waals surface area (Å²) in [5.74, 6) is -0.943. The van der Waals surface area contributed by atoms with Crippen LogP contribution in [0.2, 0.25) is 0 Å². The Hall–Kier alpha value is -2.83. The molecular weight excluding hydrogens is 317 g/mol. The van der Waals surface area contributed by atoms with Gasteiger partial charge in [0.05, 0.1) is 26.3 Å². The SMILES string of the molecule is COc1ccc(CC(=O)O[C@@H](C)C(=O)NCc2ccco2)cc1F. The van der Waals surface area contributed by atoms with Crippen molar-refractivity contribution in [2.45, 2.75) is 26.0 Å². The van der Waals surface area contributed by atoms with Gasteiger partial charge in [-0.25, -0.2) is 4.39 Å². The predicted molar refractivity (Wildman–Crippen MR) is 82.8 cm³/mol. The van der Waals surface area contributed by atoms with Gasteiger partial charge in [0, 0.05) is 0 Å². The molecule has 0 fully saturated rings. The molecule has 0 unspecified atom stereocenters. The lowest BCUT2D eigenvalue weighted by Gasteiger charge is -2.13. The monoisotopic (exact) mass is 335 g/mol. The van der Waals surface area contributed by atoms with Crippen molar-refractivity contribution < 1.29 is 27.9 Å². The van der Waals surface area contributed by atoms with E-state index in [2.05, 4.69) is 5.32 Å². The summed E-state index contributed by atoms with van der Waals surface area (Å²) in [5, 5.41) is 2.59. The van der Waals surface area contributed by atoms with Crippen molar-refractivity contribution in [3.05, 3.63) is 53.7 Å². The second-order valence-corrected chi connectivity index (χ2v) is 5.07. The maximum Gasteiger partial charge on any atom is 0.311 e. The summed E-state index contributed by atoms with van der Waals surface area (Å²) in [6, 6.07) is 7.61. The highest BCUT2D eigenvalue weighted by Crippen LogP contribution is 2.18. The summed E-state index contributed by atoms with van der Waals surface area (Å²) in [5.41, 5.74) is 0.432. The molecule has 24 heavy (non-hydrogen) atoms. The minimum Gasteiger partial charge on any atom is -0.494 e. The first-order valence-electron chi connectivity index (χ1n) is 7.31. The van der Waals surface area contributed by atoms with Crippen LogP contribution in [0, 0.1) is 5.82 Å². The first kappa shape index (κ1) is 17.5. The summed E-state index contributed by atoms with van der Waals surface area (Å²) in [4.78, 5) is 23.7. The van der Waals surface area contributed by atoms with E-state index in [0.29, 0.717) is 11.3 Å². The molecule has 128 valence electrons. The van der Waals surface area contributed by atoms with E-state index in [1.807, 2.05) is 0 Å². The zero-order valence-electron chi connectivity index (χ0n) is 13.4. The van der Waals surface area contributed by atoms with Crippen molar-refractivity contribution in [3.63, 3.8) is 0 Å². The number of ether oxygens (including phenoxy) is 2. The number of esters is 1. The van der Waals surface area contributed by atoms with Gasteiger partial charge in [-0.05, 0) is 36.8 Å². The molecule has 1 heterocycles. The van der Waals surface area contributed by atoms with Crippen LogP contribution in [0.5, 0.6) is 5.75 Å². The van der Waals surface area contributed by atoms with Gasteiger partial charge in [-0.15, -0.1) is 0 Å². The van der Waals surface area contributed by atoms with Gasteiger partial charge in [-0.2, -0.15) is 0 Å². The van der Waals surface area contributed by atoms with Crippen molar-refractivity contribution in [1.29, 1.82) is 0 Å². The normalized spacial score (nSPS) is 11.6. The molecule has 0 radical (unpaired) electrons. The zero-order chi connectivity index (χ0) is 17.5. The van der Waals surface area contributed by atoms with E-state index in [4.69, 9.17) is 13.9 Å². The molecule has 0 bridgehead atoms. The lowest BCUT2D eigenvalue weighted by atomic mass is 10.1. The third-order valence-electron chi connectivity index (χ3n) is 3.26. The number of hydrogen-bond acceptors (Lipinski definition) is 5. The van der Waals surface area contributed by atoms with Crippen LogP contribution < -0.4 is 10.1 Å². The zero-order valence-corrected chi connectivity index (χ0v) is 13.4. The van der Waals surface area contributed by atoms with E-state index in [1.165, 1.54) is 32.4 Å². The number of furan rings is 1. The molecule has 0 saturated carbocycles. The quantitative estimate of drug-likeness (QED) is 0.785. The largest absolute Gasteiger partial charge is 0.494 e. The van der Waals surface area contributed by atoms with Crippen LogP contribution >= 0.6 is 0 Å². The number of amides is 1. The molecule has 0 aliphatic rings. The fourth-order valence-electron chi connectivity index (χ4n) is 2.01. The Morgan fingerprint density at radius 3 is 2.75 bits per heavy atom. The minimum absolute atomic E-state index is 0.0952. The molecule has 7 heteroatoms. The van der Waals surface area contributed by atoms with Crippen LogP contribution in [-0.4, -0.2) is 25.1 Å². The molecule has 1 aromatic heterocycles. The number of rotatable bonds is 7.